The Bertz CT molecular complexity index is 1040. The monoisotopic (exact) mass is 471 g/mol. The predicted molar refractivity (Wildman–Crippen MR) is 133 cm³/mol. The van der Waals surface area contributed by atoms with Crippen LogP contribution in [0.15, 0.2) is 30.3 Å². The average molecular weight is 472 g/mol. The zero-order valence-corrected chi connectivity index (χ0v) is 21.4. The van der Waals surface area contributed by atoms with Gasteiger partial charge in [-0.25, -0.2) is 9.59 Å². The van der Waals surface area contributed by atoms with E-state index in [1.807, 2.05) is 24.3 Å². The molecule has 0 bridgehead atoms. The number of amides is 1. The summed E-state index contributed by atoms with van der Waals surface area (Å²) in [4.78, 5) is 38.1. The maximum Gasteiger partial charge on any atom is 0.348 e. The van der Waals surface area contributed by atoms with E-state index in [9.17, 15) is 14.4 Å². The number of rotatable bonds is 7. The van der Waals surface area contributed by atoms with E-state index in [1.54, 1.807) is 40.7 Å². The fraction of sp³-hybridized carbons (Fsp3) is 0.423. The third kappa shape index (κ3) is 7.29. The number of esters is 2. The lowest BCUT2D eigenvalue weighted by Gasteiger charge is -2.18. The second-order valence-electron chi connectivity index (χ2n) is 9.36. The van der Waals surface area contributed by atoms with Crippen LogP contribution in [0.4, 0.5) is 5.00 Å². The zero-order chi connectivity index (χ0) is 24.9. The summed E-state index contributed by atoms with van der Waals surface area (Å²) in [6, 6.07) is 7.97. The molecule has 0 fully saturated rings. The maximum atomic E-state index is 12.7. The summed E-state index contributed by atoms with van der Waals surface area (Å²) in [5, 5.41) is 2.98. The fourth-order valence-corrected chi connectivity index (χ4v) is 4.08. The molecule has 1 aromatic carbocycles. The highest BCUT2D eigenvalue weighted by Crippen LogP contribution is 2.35. The van der Waals surface area contributed by atoms with Gasteiger partial charge < -0.3 is 14.8 Å². The molecule has 0 unspecified atom stereocenters. The van der Waals surface area contributed by atoms with Crippen LogP contribution in [0.25, 0.3) is 6.08 Å². The van der Waals surface area contributed by atoms with Crippen LogP contribution in [0.2, 0.25) is 0 Å². The summed E-state index contributed by atoms with van der Waals surface area (Å²) in [6.45, 7) is 15.0. The topological polar surface area (TPSA) is 81.7 Å². The normalized spacial score (nSPS) is 11.8. The molecular weight excluding hydrogens is 438 g/mol. The van der Waals surface area contributed by atoms with Gasteiger partial charge in [0.2, 0.25) is 5.91 Å². The minimum atomic E-state index is -0.598. The van der Waals surface area contributed by atoms with E-state index in [4.69, 9.17) is 9.47 Å². The van der Waals surface area contributed by atoms with Crippen LogP contribution in [0.3, 0.4) is 0 Å². The van der Waals surface area contributed by atoms with E-state index in [-0.39, 0.29) is 33.1 Å². The molecule has 7 heteroatoms. The third-order valence-electron chi connectivity index (χ3n) is 4.66. The van der Waals surface area contributed by atoms with Crippen LogP contribution in [0, 0.1) is 6.92 Å². The van der Waals surface area contributed by atoms with E-state index in [2.05, 4.69) is 26.1 Å². The van der Waals surface area contributed by atoms with E-state index >= 15 is 0 Å². The van der Waals surface area contributed by atoms with Gasteiger partial charge in [0.15, 0.2) is 0 Å². The molecule has 0 aliphatic rings. The molecule has 1 N–H and O–H groups in total. The second-order valence-corrected chi connectivity index (χ2v) is 10.4. The van der Waals surface area contributed by atoms with Crippen molar-refractivity contribution in [1.82, 2.24) is 0 Å². The summed E-state index contributed by atoms with van der Waals surface area (Å²) >= 11 is 1.01. The zero-order valence-electron chi connectivity index (χ0n) is 20.6. The van der Waals surface area contributed by atoms with Gasteiger partial charge in [-0.3, -0.25) is 4.79 Å². The number of carbonyl (C=O) groups is 3. The minimum absolute atomic E-state index is 0.0477. The molecule has 2 rings (SSSR count). The highest BCUT2D eigenvalue weighted by atomic mass is 32.1. The smallest absolute Gasteiger partial charge is 0.348 e. The van der Waals surface area contributed by atoms with Gasteiger partial charge in [-0.15, -0.1) is 11.3 Å². The van der Waals surface area contributed by atoms with Crippen LogP contribution in [0.1, 0.15) is 85.2 Å². The molecule has 33 heavy (non-hydrogen) atoms. The van der Waals surface area contributed by atoms with Gasteiger partial charge in [-0.05, 0) is 62.8 Å². The highest BCUT2D eigenvalue weighted by molar-refractivity contribution is 7.18. The van der Waals surface area contributed by atoms with E-state index in [0.717, 1.165) is 16.9 Å². The number of hydrogen-bond donors (Lipinski definition) is 1. The predicted octanol–water partition coefficient (Wildman–Crippen LogP) is 6.14. The van der Waals surface area contributed by atoms with Crippen molar-refractivity contribution in [2.45, 2.75) is 73.0 Å². The Labute approximate surface area is 200 Å². The van der Waals surface area contributed by atoms with Crippen molar-refractivity contribution in [3.05, 3.63) is 57.5 Å². The molecule has 178 valence electrons. The Hall–Kier alpha value is -2.93. The van der Waals surface area contributed by atoms with Gasteiger partial charge in [0.25, 0.3) is 0 Å². The molecular formula is C26H33NO5S. The molecule has 0 saturated carbocycles. The van der Waals surface area contributed by atoms with Gasteiger partial charge in [0.1, 0.15) is 9.88 Å². The average Bonchev–Trinajstić information content (AvgIpc) is 3.01. The van der Waals surface area contributed by atoms with Crippen molar-refractivity contribution in [3.8, 4) is 0 Å². The first-order valence-corrected chi connectivity index (χ1v) is 11.8. The first kappa shape index (κ1) is 26.3. The summed E-state index contributed by atoms with van der Waals surface area (Å²) in [7, 11) is 0. The lowest BCUT2D eigenvalue weighted by atomic mass is 9.87. The Balaban J connectivity index is 2.28. The Morgan fingerprint density at radius 3 is 2.00 bits per heavy atom. The molecule has 0 aliphatic carbocycles. The molecule has 2 aromatic rings. The number of benzene rings is 1. The van der Waals surface area contributed by atoms with Crippen LogP contribution in [-0.4, -0.2) is 30.1 Å². The first-order chi connectivity index (χ1) is 15.3. The number of hydrogen-bond acceptors (Lipinski definition) is 6. The number of anilines is 1. The van der Waals surface area contributed by atoms with E-state index in [1.165, 1.54) is 11.6 Å². The lowest BCUT2D eigenvalue weighted by Crippen LogP contribution is -2.16. The van der Waals surface area contributed by atoms with Crippen LogP contribution in [-0.2, 0) is 19.7 Å². The van der Waals surface area contributed by atoms with Crippen molar-refractivity contribution in [2.24, 2.45) is 0 Å². The molecule has 0 radical (unpaired) electrons. The number of carbonyl (C=O) groups excluding carboxylic acids is 3. The Morgan fingerprint density at radius 1 is 0.939 bits per heavy atom. The van der Waals surface area contributed by atoms with Gasteiger partial charge in [0, 0.05) is 6.08 Å². The van der Waals surface area contributed by atoms with Crippen molar-refractivity contribution in [1.29, 1.82) is 0 Å². The maximum absolute atomic E-state index is 12.7. The van der Waals surface area contributed by atoms with Crippen LogP contribution < -0.4 is 5.32 Å². The molecule has 0 saturated heterocycles. The van der Waals surface area contributed by atoms with Crippen molar-refractivity contribution in [2.75, 3.05) is 5.32 Å². The molecule has 6 nitrogen and oxygen atoms in total. The molecule has 1 aromatic heterocycles. The largest absolute Gasteiger partial charge is 0.459 e. The van der Waals surface area contributed by atoms with E-state index < -0.39 is 17.8 Å². The summed E-state index contributed by atoms with van der Waals surface area (Å²) in [5.74, 6) is -1.56. The minimum Gasteiger partial charge on any atom is -0.459 e. The van der Waals surface area contributed by atoms with Gasteiger partial charge in [-0.2, -0.15) is 0 Å². The Morgan fingerprint density at radius 2 is 1.48 bits per heavy atom. The fourth-order valence-electron chi connectivity index (χ4n) is 3.00. The number of nitrogens with one attached hydrogen (secondary N) is 1. The molecule has 0 atom stereocenters. The van der Waals surface area contributed by atoms with Crippen molar-refractivity contribution < 1.29 is 23.9 Å². The number of ether oxygens (including phenoxy) is 2. The van der Waals surface area contributed by atoms with Gasteiger partial charge in [-0.1, -0.05) is 45.0 Å². The lowest BCUT2D eigenvalue weighted by molar-refractivity contribution is -0.111. The second kappa shape index (κ2) is 10.8. The van der Waals surface area contributed by atoms with Gasteiger partial charge in [0.05, 0.1) is 17.8 Å². The van der Waals surface area contributed by atoms with Crippen LogP contribution in [0.5, 0.6) is 0 Å². The summed E-state index contributed by atoms with van der Waals surface area (Å²) in [5.41, 5.74) is 2.72. The first-order valence-electron chi connectivity index (χ1n) is 10.9. The van der Waals surface area contributed by atoms with Gasteiger partial charge >= 0.3 is 11.9 Å². The van der Waals surface area contributed by atoms with Crippen molar-refractivity contribution >= 4 is 40.3 Å². The SMILES string of the molecule is Cc1c(C(=O)OC(C)C)sc(NC(=O)/C=C/c2ccc(C(C)(C)C)cc2)c1C(=O)OC(C)C. The third-order valence-corrected chi connectivity index (χ3v) is 5.85. The van der Waals surface area contributed by atoms with E-state index in [0.29, 0.717) is 5.56 Å². The standard InChI is InChI=1S/C26H33NO5S/c1-15(2)31-24(29)21-17(5)22(25(30)32-16(3)4)33-23(21)27-20(28)14-11-18-9-12-19(13-10-18)26(6,7)8/h9-16H,1-8H3,(H,27,28)/b14-11+. The quantitative estimate of drug-likeness (QED) is 0.388. The summed E-state index contributed by atoms with van der Waals surface area (Å²) in [6.07, 6.45) is 2.44. The summed E-state index contributed by atoms with van der Waals surface area (Å²) < 4.78 is 10.6. The molecule has 1 heterocycles. The molecule has 1 amide bonds. The molecule has 0 aliphatic heterocycles. The van der Waals surface area contributed by atoms with Crippen LogP contribution >= 0.6 is 11.3 Å². The number of thiophene rings is 1. The molecule has 0 spiro atoms. The Kier molecular flexibility index (Phi) is 8.61. The highest BCUT2D eigenvalue weighted by Gasteiger charge is 2.28. The van der Waals surface area contributed by atoms with Crippen molar-refractivity contribution in [3.63, 3.8) is 0 Å².